The maximum Gasteiger partial charge on any atom is 0.145 e. The molecule has 0 aromatic carbocycles. The Balaban J connectivity index is 1.89. The van der Waals surface area contributed by atoms with Crippen molar-refractivity contribution in [2.75, 3.05) is 13.1 Å². The van der Waals surface area contributed by atoms with Crippen LogP contribution in [0.4, 0.5) is 0 Å². The highest BCUT2D eigenvalue weighted by Gasteiger charge is 2.36. The zero-order chi connectivity index (χ0) is 12.3. The summed E-state index contributed by atoms with van der Waals surface area (Å²) in [6, 6.07) is 0.792. The molecule has 0 unspecified atom stereocenters. The summed E-state index contributed by atoms with van der Waals surface area (Å²) in [6.45, 7) is 4.30. The van der Waals surface area contributed by atoms with E-state index in [1.54, 1.807) is 0 Å². The third-order valence-corrected chi connectivity index (χ3v) is 4.72. The fourth-order valence-electron chi connectivity index (χ4n) is 3.21. The summed E-state index contributed by atoms with van der Waals surface area (Å²) < 4.78 is 0. The molecule has 17 heavy (non-hydrogen) atoms. The van der Waals surface area contributed by atoms with E-state index in [-0.39, 0.29) is 5.41 Å². The third-order valence-electron chi connectivity index (χ3n) is 4.72. The molecule has 0 bridgehead atoms. The van der Waals surface area contributed by atoms with Crippen LogP contribution in [0.5, 0.6) is 0 Å². The minimum Gasteiger partial charge on any atom is -0.409 e. The van der Waals surface area contributed by atoms with Gasteiger partial charge in [-0.1, -0.05) is 31.3 Å². The van der Waals surface area contributed by atoms with Crippen molar-refractivity contribution < 1.29 is 5.21 Å². The van der Waals surface area contributed by atoms with Crippen molar-refractivity contribution in [1.82, 2.24) is 4.90 Å². The standard InChI is InChI=1S/C13H25N3O/c1-13(12(14)15-17)7-9-16(10-8-13)11-5-3-2-4-6-11/h11,17H,2-10H2,1H3,(H2,14,15). The van der Waals surface area contributed by atoms with E-state index in [0.29, 0.717) is 5.84 Å². The first kappa shape index (κ1) is 12.7. The van der Waals surface area contributed by atoms with Gasteiger partial charge in [0.1, 0.15) is 5.84 Å². The first-order chi connectivity index (χ1) is 8.15. The van der Waals surface area contributed by atoms with Crippen molar-refractivity contribution >= 4 is 5.84 Å². The van der Waals surface area contributed by atoms with Gasteiger partial charge in [-0.3, -0.25) is 0 Å². The highest BCUT2D eigenvalue weighted by molar-refractivity contribution is 5.85. The minimum absolute atomic E-state index is 0.0973. The van der Waals surface area contributed by atoms with Crippen LogP contribution in [0.3, 0.4) is 0 Å². The Hall–Kier alpha value is -0.770. The topological polar surface area (TPSA) is 61.9 Å². The van der Waals surface area contributed by atoms with Crippen molar-refractivity contribution in [2.24, 2.45) is 16.3 Å². The number of oxime groups is 1. The number of piperidine rings is 1. The molecule has 4 nitrogen and oxygen atoms in total. The fourth-order valence-corrected chi connectivity index (χ4v) is 3.21. The lowest BCUT2D eigenvalue weighted by atomic mass is 9.78. The maximum absolute atomic E-state index is 8.82. The summed E-state index contributed by atoms with van der Waals surface area (Å²) in [5.41, 5.74) is 5.69. The van der Waals surface area contributed by atoms with Gasteiger partial charge in [0.25, 0.3) is 0 Å². The third kappa shape index (κ3) is 2.73. The van der Waals surface area contributed by atoms with Gasteiger partial charge in [0.05, 0.1) is 0 Å². The summed E-state index contributed by atoms with van der Waals surface area (Å²) in [6.07, 6.45) is 8.93. The summed E-state index contributed by atoms with van der Waals surface area (Å²) in [5, 5.41) is 12.0. The van der Waals surface area contributed by atoms with Crippen LogP contribution in [0.25, 0.3) is 0 Å². The lowest BCUT2D eigenvalue weighted by Crippen LogP contribution is -2.49. The molecule has 4 heteroatoms. The van der Waals surface area contributed by atoms with Crippen LogP contribution < -0.4 is 5.73 Å². The average molecular weight is 239 g/mol. The molecular weight excluding hydrogens is 214 g/mol. The number of hydrogen-bond acceptors (Lipinski definition) is 3. The molecule has 1 aliphatic carbocycles. The minimum atomic E-state index is -0.0973. The van der Waals surface area contributed by atoms with Crippen LogP contribution >= 0.6 is 0 Å². The summed E-state index contributed by atoms with van der Waals surface area (Å²) >= 11 is 0. The van der Waals surface area contributed by atoms with Gasteiger partial charge in [-0.25, -0.2) is 0 Å². The zero-order valence-electron chi connectivity index (χ0n) is 10.9. The monoisotopic (exact) mass is 239 g/mol. The number of nitrogens with two attached hydrogens (primary N) is 1. The van der Waals surface area contributed by atoms with E-state index in [4.69, 9.17) is 10.9 Å². The second-order valence-corrected chi connectivity index (χ2v) is 5.87. The Labute approximate surface area is 104 Å². The van der Waals surface area contributed by atoms with Crippen molar-refractivity contribution in [3.8, 4) is 0 Å². The molecule has 1 saturated carbocycles. The van der Waals surface area contributed by atoms with E-state index < -0.39 is 0 Å². The van der Waals surface area contributed by atoms with E-state index >= 15 is 0 Å². The van der Waals surface area contributed by atoms with Gasteiger partial charge in [-0.2, -0.15) is 0 Å². The quantitative estimate of drug-likeness (QED) is 0.336. The van der Waals surface area contributed by atoms with E-state index in [9.17, 15) is 0 Å². The zero-order valence-corrected chi connectivity index (χ0v) is 10.9. The second-order valence-electron chi connectivity index (χ2n) is 5.87. The Kier molecular flexibility index (Phi) is 3.92. The molecule has 1 heterocycles. The summed E-state index contributed by atoms with van der Waals surface area (Å²) in [7, 11) is 0. The number of likely N-dealkylation sites (tertiary alicyclic amines) is 1. The van der Waals surface area contributed by atoms with Crippen LogP contribution in [-0.2, 0) is 0 Å². The number of hydrogen-bond donors (Lipinski definition) is 2. The Morgan fingerprint density at radius 1 is 1.24 bits per heavy atom. The number of amidine groups is 1. The van der Waals surface area contributed by atoms with Gasteiger partial charge >= 0.3 is 0 Å². The van der Waals surface area contributed by atoms with Gasteiger partial charge in [-0.05, 0) is 38.8 Å². The van der Waals surface area contributed by atoms with Gasteiger partial charge in [-0.15, -0.1) is 0 Å². The first-order valence-electron chi connectivity index (χ1n) is 6.88. The largest absolute Gasteiger partial charge is 0.409 e. The van der Waals surface area contributed by atoms with Crippen LogP contribution in [-0.4, -0.2) is 35.1 Å². The smallest absolute Gasteiger partial charge is 0.145 e. The molecule has 3 N–H and O–H groups in total. The molecule has 0 amide bonds. The van der Waals surface area contributed by atoms with Gasteiger partial charge < -0.3 is 15.8 Å². The number of nitrogens with zero attached hydrogens (tertiary/aromatic N) is 2. The average Bonchev–Trinajstić information content (AvgIpc) is 2.39. The predicted molar refractivity (Wildman–Crippen MR) is 69.2 cm³/mol. The predicted octanol–water partition coefficient (Wildman–Crippen LogP) is 2.17. The van der Waals surface area contributed by atoms with Crippen LogP contribution in [0.2, 0.25) is 0 Å². The summed E-state index contributed by atoms with van der Waals surface area (Å²) in [4.78, 5) is 2.62. The first-order valence-corrected chi connectivity index (χ1v) is 6.88. The molecule has 0 aromatic heterocycles. The van der Waals surface area contributed by atoms with Crippen molar-refractivity contribution in [1.29, 1.82) is 0 Å². The molecule has 1 aliphatic heterocycles. The highest BCUT2D eigenvalue weighted by Crippen LogP contribution is 2.34. The van der Waals surface area contributed by atoms with Gasteiger partial charge in [0, 0.05) is 11.5 Å². The molecule has 2 rings (SSSR count). The molecule has 2 aliphatic rings. The number of rotatable bonds is 2. The highest BCUT2D eigenvalue weighted by atomic mass is 16.4. The normalized spacial score (nSPS) is 28.2. The van der Waals surface area contributed by atoms with Gasteiger partial charge in [0.15, 0.2) is 0 Å². The molecule has 0 aromatic rings. The molecule has 1 saturated heterocycles. The van der Waals surface area contributed by atoms with E-state index in [1.165, 1.54) is 32.1 Å². The molecule has 0 spiro atoms. The van der Waals surface area contributed by atoms with Crippen LogP contribution in [0.1, 0.15) is 51.9 Å². The Morgan fingerprint density at radius 2 is 1.82 bits per heavy atom. The Bertz CT molecular complexity index is 276. The molecule has 2 fully saturated rings. The second kappa shape index (κ2) is 5.25. The Morgan fingerprint density at radius 3 is 2.35 bits per heavy atom. The molecule has 0 radical (unpaired) electrons. The van der Waals surface area contributed by atoms with E-state index in [2.05, 4.69) is 17.0 Å². The van der Waals surface area contributed by atoms with E-state index in [1.807, 2.05) is 0 Å². The maximum atomic E-state index is 8.82. The molecular formula is C13H25N3O. The SMILES string of the molecule is CC1(C(N)=NO)CCN(C2CCCCC2)CC1. The van der Waals surface area contributed by atoms with Crippen molar-refractivity contribution in [2.45, 2.75) is 57.9 Å². The lowest BCUT2D eigenvalue weighted by molar-refractivity contribution is 0.0929. The summed E-state index contributed by atoms with van der Waals surface area (Å²) in [5.74, 6) is 0.404. The van der Waals surface area contributed by atoms with Crippen LogP contribution in [0.15, 0.2) is 5.16 Å². The van der Waals surface area contributed by atoms with E-state index in [0.717, 1.165) is 32.0 Å². The fraction of sp³-hybridized carbons (Fsp3) is 0.923. The van der Waals surface area contributed by atoms with Crippen molar-refractivity contribution in [3.05, 3.63) is 0 Å². The van der Waals surface area contributed by atoms with Crippen molar-refractivity contribution in [3.63, 3.8) is 0 Å². The van der Waals surface area contributed by atoms with Crippen LogP contribution in [0, 0.1) is 5.41 Å². The molecule has 0 atom stereocenters. The molecule has 98 valence electrons. The van der Waals surface area contributed by atoms with Gasteiger partial charge in [0.2, 0.25) is 0 Å². The lowest BCUT2D eigenvalue weighted by Gasteiger charge is -2.43.